The molecule has 2 N–H and O–H groups in total. The molecule has 1 aliphatic rings. The van der Waals surface area contributed by atoms with E-state index in [1.54, 1.807) is 30.3 Å². The minimum absolute atomic E-state index is 0.162. The number of hydrogen-bond donors (Lipinski definition) is 2. The zero-order valence-electron chi connectivity index (χ0n) is 20.8. The summed E-state index contributed by atoms with van der Waals surface area (Å²) in [4.78, 5) is 33.0. The molecule has 7 nitrogen and oxygen atoms in total. The second-order valence-electron chi connectivity index (χ2n) is 11.4. The van der Waals surface area contributed by atoms with Gasteiger partial charge in [-0.2, -0.15) is 9.78 Å². The molecule has 1 aliphatic heterocycles. The third-order valence-electron chi connectivity index (χ3n) is 4.01. The van der Waals surface area contributed by atoms with E-state index in [-0.39, 0.29) is 11.1 Å². The van der Waals surface area contributed by atoms with Gasteiger partial charge >= 0.3 is 5.97 Å². The number of hydrogen-bond acceptors (Lipinski definition) is 6. The largest absolute Gasteiger partial charge is 0.478 e. The molecule has 0 amide bonds. The van der Waals surface area contributed by atoms with E-state index < -0.39 is 23.0 Å². The molecule has 0 radical (unpaired) electrons. The minimum Gasteiger partial charge on any atom is -0.478 e. The number of carboxylic acid groups (broad SMARTS) is 1. The Morgan fingerprint density at radius 2 is 1.23 bits per heavy atom. The fraction of sp³-hybridized carbons (Fsp3) is 0.708. The Labute approximate surface area is 187 Å². The highest BCUT2D eigenvalue weighted by molar-refractivity contribution is 5.87. The van der Waals surface area contributed by atoms with Crippen LogP contribution in [0.5, 0.6) is 0 Å². The van der Waals surface area contributed by atoms with Gasteiger partial charge in [0.25, 0.3) is 0 Å². The molecule has 31 heavy (non-hydrogen) atoms. The predicted octanol–water partition coefficient (Wildman–Crippen LogP) is 5.50. The lowest BCUT2D eigenvalue weighted by atomic mass is 9.79. The molecule has 7 heteroatoms. The first-order chi connectivity index (χ1) is 13.8. The number of piperidine rings is 1. The van der Waals surface area contributed by atoms with E-state index in [1.165, 1.54) is 0 Å². The lowest BCUT2D eigenvalue weighted by molar-refractivity contribution is -0.550. The van der Waals surface area contributed by atoms with Crippen molar-refractivity contribution >= 4 is 5.97 Å². The van der Waals surface area contributed by atoms with E-state index in [9.17, 15) is 4.79 Å². The zero-order valence-corrected chi connectivity index (χ0v) is 20.8. The summed E-state index contributed by atoms with van der Waals surface area (Å²) in [6, 6.07) is 8.30. The van der Waals surface area contributed by atoms with E-state index in [0.717, 1.165) is 0 Å². The van der Waals surface area contributed by atoms with Gasteiger partial charge in [0.2, 0.25) is 5.79 Å². The van der Waals surface area contributed by atoms with Gasteiger partial charge in [-0.25, -0.2) is 14.6 Å². The van der Waals surface area contributed by atoms with Crippen molar-refractivity contribution in [2.75, 3.05) is 0 Å². The van der Waals surface area contributed by atoms with E-state index in [2.05, 4.69) is 33.0 Å². The molecular weight excluding hydrogens is 398 g/mol. The summed E-state index contributed by atoms with van der Waals surface area (Å²) in [6.45, 7) is 20.2. The third kappa shape index (κ3) is 11.1. The van der Waals surface area contributed by atoms with E-state index >= 15 is 0 Å². The first kappa shape index (κ1) is 27.5. The smallest absolute Gasteiger partial charge is 0.335 e. The molecule has 1 fully saturated rings. The van der Waals surface area contributed by atoms with Gasteiger partial charge in [0.1, 0.15) is 0 Å². The Bertz CT molecular complexity index is 665. The van der Waals surface area contributed by atoms with Gasteiger partial charge in [0.05, 0.1) is 16.8 Å². The zero-order chi connectivity index (χ0) is 24.1. The lowest BCUT2D eigenvalue weighted by Gasteiger charge is -2.51. The Balaban J connectivity index is 0.000000442. The summed E-state index contributed by atoms with van der Waals surface area (Å²) >= 11 is 0. The summed E-state index contributed by atoms with van der Waals surface area (Å²) in [5.74, 6) is -1.82. The van der Waals surface area contributed by atoms with Crippen LogP contribution >= 0.6 is 0 Å². The standard InChI is InChI=1S/C17H35NO4.C7H6O2/c1-13(2,3)19-21-17(22-20-14(4,5)6)11-15(7,8)18-16(9,10)12-17;8-7(9)6-4-2-1-3-5-6/h18H,11-12H2,1-10H3;1-5H,(H,8,9). The molecule has 2 rings (SSSR count). The molecule has 1 aromatic rings. The summed E-state index contributed by atoms with van der Waals surface area (Å²) in [5.41, 5.74) is -0.833. The van der Waals surface area contributed by atoms with Crippen molar-refractivity contribution < 1.29 is 29.5 Å². The second kappa shape index (κ2) is 9.96. The van der Waals surface area contributed by atoms with Gasteiger partial charge in [0, 0.05) is 23.9 Å². The van der Waals surface area contributed by atoms with Gasteiger partial charge in [0.15, 0.2) is 0 Å². The summed E-state index contributed by atoms with van der Waals surface area (Å²) in [5, 5.41) is 12.0. The molecule has 178 valence electrons. The lowest BCUT2D eigenvalue weighted by Crippen LogP contribution is -2.65. The van der Waals surface area contributed by atoms with Crippen LogP contribution in [-0.4, -0.2) is 39.1 Å². The number of benzene rings is 1. The van der Waals surface area contributed by atoms with Gasteiger partial charge in [-0.3, -0.25) is 0 Å². The van der Waals surface area contributed by atoms with Gasteiger partial charge in [-0.05, 0) is 81.4 Å². The van der Waals surface area contributed by atoms with E-state index in [1.807, 2.05) is 41.5 Å². The van der Waals surface area contributed by atoms with Crippen molar-refractivity contribution in [2.24, 2.45) is 0 Å². The Hall–Kier alpha value is -1.51. The van der Waals surface area contributed by atoms with Crippen LogP contribution in [-0.2, 0) is 19.6 Å². The van der Waals surface area contributed by atoms with Gasteiger partial charge in [-0.15, -0.1) is 0 Å². The molecule has 0 bridgehead atoms. The Morgan fingerprint density at radius 3 is 1.52 bits per heavy atom. The fourth-order valence-electron chi connectivity index (χ4n) is 3.53. The highest BCUT2D eigenvalue weighted by Gasteiger charge is 2.52. The van der Waals surface area contributed by atoms with Crippen LogP contribution in [0.2, 0.25) is 0 Å². The summed E-state index contributed by atoms with van der Waals surface area (Å²) in [7, 11) is 0. The van der Waals surface area contributed by atoms with Crippen molar-refractivity contribution in [3.05, 3.63) is 35.9 Å². The maximum absolute atomic E-state index is 10.2. The summed E-state index contributed by atoms with van der Waals surface area (Å²) in [6.07, 6.45) is 1.24. The molecular formula is C24H41NO6. The van der Waals surface area contributed by atoms with Crippen molar-refractivity contribution in [3.63, 3.8) is 0 Å². The average Bonchev–Trinajstić information content (AvgIpc) is 2.56. The van der Waals surface area contributed by atoms with Crippen LogP contribution in [0.3, 0.4) is 0 Å². The molecule has 0 unspecified atom stereocenters. The molecule has 0 spiro atoms. The second-order valence-corrected chi connectivity index (χ2v) is 11.4. The molecule has 0 aromatic heterocycles. The number of nitrogens with one attached hydrogen (secondary N) is 1. The van der Waals surface area contributed by atoms with Gasteiger partial charge < -0.3 is 10.4 Å². The normalized spacial score (nSPS) is 19.8. The monoisotopic (exact) mass is 439 g/mol. The van der Waals surface area contributed by atoms with E-state index in [0.29, 0.717) is 18.4 Å². The van der Waals surface area contributed by atoms with Crippen molar-refractivity contribution in [1.82, 2.24) is 5.32 Å². The molecule has 1 saturated heterocycles. The SMILES string of the molecule is CC1(C)CC(OOC(C)(C)C)(OOC(C)(C)C)CC(C)(C)N1.O=C(O)c1ccccc1. The maximum atomic E-state index is 10.2. The quantitative estimate of drug-likeness (QED) is 0.356. The minimum atomic E-state index is -0.946. The molecule has 1 heterocycles. The molecule has 1 aromatic carbocycles. The van der Waals surface area contributed by atoms with Crippen molar-refractivity contribution in [3.8, 4) is 0 Å². The van der Waals surface area contributed by atoms with Crippen LogP contribution in [0.15, 0.2) is 30.3 Å². The number of aromatic carboxylic acids is 1. The highest BCUT2D eigenvalue weighted by Crippen LogP contribution is 2.41. The summed E-state index contributed by atoms with van der Waals surface area (Å²) < 4.78 is 0. The van der Waals surface area contributed by atoms with Crippen LogP contribution in [0.25, 0.3) is 0 Å². The number of carboxylic acids is 1. The number of carbonyl (C=O) groups is 1. The average molecular weight is 440 g/mol. The van der Waals surface area contributed by atoms with Crippen LogP contribution in [0.4, 0.5) is 0 Å². The fourth-order valence-corrected chi connectivity index (χ4v) is 3.53. The van der Waals surface area contributed by atoms with E-state index in [4.69, 9.17) is 24.7 Å². The topological polar surface area (TPSA) is 86.3 Å². The van der Waals surface area contributed by atoms with Crippen molar-refractivity contribution in [1.29, 1.82) is 0 Å². The van der Waals surface area contributed by atoms with Crippen LogP contribution in [0.1, 0.15) is 92.4 Å². The Morgan fingerprint density at radius 1 is 0.839 bits per heavy atom. The molecule has 0 saturated carbocycles. The van der Waals surface area contributed by atoms with Gasteiger partial charge in [-0.1, -0.05) is 18.2 Å². The predicted molar refractivity (Wildman–Crippen MR) is 121 cm³/mol. The van der Waals surface area contributed by atoms with Crippen molar-refractivity contribution in [2.45, 2.75) is 110 Å². The van der Waals surface area contributed by atoms with Crippen LogP contribution < -0.4 is 5.32 Å². The first-order valence-electron chi connectivity index (χ1n) is 10.7. The highest BCUT2D eigenvalue weighted by atomic mass is 17.3. The Kier molecular flexibility index (Phi) is 8.84. The van der Waals surface area contributed by atoms with Crippen LogP contribution in [0, 0.1) is 0 Å². The molecule has 0 aliphatic carbocycles. The molecule has 0 atom stereocenters. The third-order valence-corrected chi connectivity index (χ3v) is 4.01. The first-order valence-corrected chi connectivity index (χ1v) is 10.7. The number of rotatable bonds is 5. The maximum Gasteiger partial charge on any atom is 0.335 e.